The molecule has 5 nitrogen and oxygen atoms in total. The third-order valence-corrected chi connectivity index (χ3v) is 1.64. The summed E-state index contributed by atoms with van der Waals surface area (Å²) in [6.45, 7) is 4.46. The van der Waals surface area contributed by atoms with Crippen molar-refractivity contribution >= 4 is 11.8 Å². The van der Waals surface area contributed by atoms with Gasteiger partial charge in [0.05, 0.1) is 0 Å². The molecule has 0 unspecified atom stereocenters. The minimum absolute atomic E-state index is 0.266. The molecule has 0 radical (unpaired) electrons. The Kier molecular flexibility index (Phi) is 4.94. The summed E-state index contributed by atoms with van der Waals surface area (Å²) < 4.78 is 0. The monoisotopic (exact) mass is 185 g/mol. The molecule has 1 aliphatic rings. The van der Waals surface area contributed by atoms with Crippen LogP contribution in [0.15, 0.2) is 11.1 Å². The third kappa shape index (κ3) is 3.35. The highest BCUT2D eigenvalue weighted by atomic mass is 16.2. The number of hydrogen-bond donors (Lipinski definition) is 3. The van der Waals surface area contributed by atoms with Gasteiger partial charge in [0.2, 0.25) is 0 Å². The zero-order valence-electron chi connectivity index (χ0n) is 7.89. The Morgan fingerprint density at radius 3 is 1.38 bits per heavy atom. The zero-order chi connectivity index (χ0) is 10.4. The molecule has 0 saturated heterocycles. The number of carbonyl (C=O) groups excluding carboxylic acids is 2. The Morgan fingerprint density at radius 1 is 1.00 bits per heavy atom. The Hall–Kier alpha value is -1.20. The molecule has 2 amide bonds. The van der Waals surface area contributed by atoms with Gasteiger partial charge in [-0.3, -0.25) is 14.9 Å². The summed E-state index contributed by atoms with van der Waals surface area (Å²) in [6, 6.07) is 0. The molecule has 0 aromatic rings. The van der Waals surface area contributed by atoms with E-state index >= 15 is 0 Å². The Labute approximate surface area is 77.2 Å². The largest absolute Gasteiger partial charge is 0.329 e. The SMILES string of the molecule is CC1=C(C)C(=O)NC1=O.NCCN. The van der Waals surface area contributed by atoms with Crippen molar-refractivity contribution in [1.29, 1.82) is 0 Å². The van der Waals surface area contributed by atoms with Crippen molar-refractivity contribution in [3.63, 3.8) is 0 Å². The van der Waals surface area contributed by atoms with Crippen LogP contribution in [0, 0.1) is 0 Å². The van der Waals surface area contributed by atoms with Crippen LogP contribution < -0.4 is 16.8 Å². The van der Waals surface area contributed by atoms with Crippen molar-refractivity contribution in [2.75, 3.05) is 13.1 Å². The number of nitrogens with one attached hydrogen (secondary N) is 1. The predicted molar refractivity (Wildman–Crippen MR) is 49.6 cm³/mol. The van der Waals surface area contributed by atoms with Crippen molar-refractivity contribution < 1.29 is 9.59 Å². The predicted octanol–water partition coefficient (Wildman–Crippen LogP) is -1.12. The number of imide groups is 1. The Balaban J connectivity index is 0.000000310. The number of rotatable bonds is 1. The quantitative estimate of drug-likeness (QED) is 0.451. The first kappa shape index (κ1) is 11.8. The highest BCUT2D eigenvalue weighted by Gasteiger charge is 2.22. The first-order valence-electron chi connectivity index (χ1n) is 3.97. The lowest BCUT2D eigenvalue weighted by molar-refractivity contribution is -0.124. The fourth-order valence-electron chi connectivity index (χ4n) is 0.631. The topological polar surface area (TPSA) is 98.2 Å². The fourth-order valence-corrected chi connectivity index (χ4v) is 0.631. The van der Waals surface area contributed by atoms with Crippen molar-refractivity contribution in [3.8, 4) is 0 Å². The van der Waals surface area contributed by atoms with Crippen molar-refractivity contribution in [2.24, 2.45) is 11.5 Å². The van der Waals surface area contributed by atoms with Gasteiger partial charge in [0, 0.05) is 24.2 Å². The molecular weight excluding hydrogens is 170 g/mol. The van der Waals surface area contributed by atoms with E-state index in [1.165, 1.54) is 0 Å². The van der Waals surface area contributed by atoms with E-state index in [0.29, 0.717) is 24.2 Å². The maximum absolute atomic E-state index is 10.6. The van der Waals surface area contributed by atoms with E-state index in [-0.39, 0.29) is 11.8 Å². The van der Waals surface area contributed by atoms with E-state index in [2.05, 4.69) is 5.32 Å². The van der Waals surface area contributed by atoms with Gasteiger partial charge in [-0.25, -0.2) is 0 Å². The summed E-state index contributed by atoms with van der Waals surface area (Å²) in [7, 11) is 0. The molecule has 13 heavy (non-hydrogen) atoms. The Morgan fingerprint density at radius 2 is 1.31 bits per heavy atom. The van der Waals surface area contributed by atoms with E-state index in [9.17, 15) is 9.59 Å². The maximum atomic E-state index is 10.6. The average Bonchev–Trinajstić information content (AvgIpc) is 2.34. The van der Waals surface area contributed by atoms with Gasteiger partial charge in [-0.05, 0) is 13.8 Å². The molecule has 1 rings (SSSR count). The van der Waals surface area contributed by atoms with Crippen LogP contribution in [0.25, 0.3) is 0 Å². The van der Waals surface area contributed by atoms with Crippen LogP contribution in [0.5, 0.6) is 0 Å². The highest BCUT2D eigenvalue weighted by Crippen LogP contribution is 2.09. The standard InChI is InChI=1S/C6H7NO2.C2H8N2/c1-3-4(2)6(9)7-5(3)8;3-1-2-4/h1-2H3,(H,7,8,9);1-4H2. The number of carbonyl (C=O) groups is 2. The van der Waals surface area contributed by atoms with Crippen LogP contribution in [0.1, 0.15) is 13.8 Å². The van der Waals surface area contributed by atoms with Crippen molar-refractivity contribution in [2.45, 2.75) is 13.8 Å². The molecule has 0 spiro atoms. The van der Waals surface area contributed by atoms with Gasteiger partial charge in [-0.1, -0.05) is 0 Å². The molecule has 0 aliphatic carbocycles. The fraction of sp³-hybridized carbons (Fsp3) is 0.500. The van der Waals surface area contributed by atoms with Gasteiger partial charge in [0.15, 0.2) is 0 Å². The van der Waals surface area contributed by atoms with Gasteiger partial charge in [-0.2, -0.15) is 0 Å². The van der Waals surface area contributed by atoms with Gasteiger partial charge in [-0.15, -0.1) is 0 Å². The Bertz CT molecular complexity index is 222. The lowest BCUT2D eigenvalue weighted by atomic mass is 10.2. The van der Waals surface area contributed by atoms with Crippen LogP contribution in [0.4, 0.5) is 0 Å². The number of hydrogen-bond acceptors (Lipinski definition) is 4. The third-order valence-electron chi connectivity index (χ3n) is 1.64. The zero-order valence-corrected chi connectivity index (χ0v) is 7.89. The van der Waals surface area contributed by atoms with Gasteiger partial charge < -0.3 is 11.5 Å². The molecule has 5 N–H and O–H groups in total. The molecular formula is C8H15N3O2. The van der Waals surface area contributed by atoms with Gasteiger partial charge >= 0.3 is 0 Å². The van der Waals surface area contributed by atoms with Gasteiger partial charge in [0.1, 0.15) is 0 Å². The summed E-state index contributed by atoms with van der Waals surface area (Å²) in [4.78, 5) is 21.2. The number of amides is 2. The minimum atomic E-state index is -0.266. The minimum Gasteiger partial charge on any atom is -0.329 e. The average molecular weight is 185 g/mol. The van der Waals surface area contributed by atoms with Crippen LogP contribution in [-0.4, -0.2) is 24.9 Å². The summed E-state index contributed by atoms with van der Waals surface area (Å²) in [5.74, 6) is -0.532. The van der Waals surface area contributed by atoms with Crippen LogP contribution in [0.3, 0.4) is 0 Å². The molecule has 0 aromatic carbocycles. The van der Waals surface area contributed by atoms with Crippen LogP contribution in [0.2, 0.25) is 0 Å². The molecule has 1 heterocycles. The molecule has 0 fully saturated rings. The summed E-state index contributed by atoms with van der Waals surface area (Å²) >= 11 is 0. The second kappa shape index (κ2) is 5.45. The second-order valence-corrected chi connectivity index (χ2v) is 2.61. The lowest BCUT2D eigenvalue weighted by Gasteiger charge is -1.84. The van der Waals surface area contributed by atoms with E-state index in [1.54, 1.807) is 13.8 Å². The molecule has 0 atom stereocenters. The molecule has 0 bridgehead atoms. The highest BCUT2D eigenvalue weighted by molar-refractivity contribution is 6.18. The molecule has 0 saturated carbocycles. The summed E-state index contributed by atoms with van der Waals surface area (Å²) in [5.41, 5.74) is 10.9. The maximum Gasteiger partial charge on any atom is 0.254 e. The molecule has 5 heteroatoms. The first-order valence-corrected chi connectivity index (χ1v) is 3.97. The molecule has 0 aromatic heterocycles. The van der Waals surface area contributed by atoms with Crippen molar-refractivity contribution in [1.82, 2.24) is 5.32 Å². The lowest BCUT2D eigenvalue weighted by Crippen LogP contribution is -2.22. The summed E-state index contributed by atoms with van der Waals surface area (Å²) in [5, 5.41) is 2.16. The smallest absolute Gasteiger partial charge is 0.254 e. The first-order chi connectivity index (χ1) is 6.04. The van der Waals surface area contributed by atoms with E-state index in [4.69, 9.17) is 11.5 Å². The summed E-state index contributed by atoms with van der Waals surface area (Å²) in [6.07, 6.45) is 0. The van der Waals surface area contributed by atoms with E-state index in [1.807, 2.05) is 0 Å². The van der Waals surface area contributed by atoms with Crippen molar-refractivity contribution in [3.05, 3.63) is 11.1 Å². The second-order valence-electron chi connectivity index (χ2n) is 2.61. The van der Waals surface area contributed by atoms with Crippen LogP contribution >= 0.6 is 0 Å². The van der Waals surface area contributed by atoms with Crippen LogP contribution in [-0.2, 0) is 9.59 Å². The van der Waals surface area contributed by atoms with Gasteiger partial charge in [0.25, 0.3) is 11.8 Å². The molecule has 1 aliphatic heterocycles. The normalized spacial score (nSPS) is 15.4. The van der Waals surface area contributed by atoms with E-state index in [0.717, 1.165) is 0 Å². The molecule has 74 valence electrons. The number of nitrogens with two attached hydrogens (primary N) is 2. The van der Waals surface area contributed by atoms with E-state index < -0.39 is 0 Å².